The van der Waals surface area contributed by atoms with Gasteiger partial charge >= 0.3 is 12.5 Å². The standard InChI is InChI=1S/C9H5Cl2F3O2/c10-7(11)4-1-2-5-6(3-4)16-9(13,14)8(12)15-5/h1-3,7-8H/t8-/m1/s1. The Labute approximate surface area is 98.9 Å². The lowest BCUT2D eigenvalue weighted by atomic mass is 10.2. The van der Waals surface area contributed by atoms with E-state index >= 15 is 0 Å². The van der Waals surface area contributed by atoms with Gasteiger partial charge in [0.05, 0.1) is 0 Å². The van der Waals surface area contributed by atoms with Gasteiger partial charge in [-0.1, -0.05) is 6.07 Å². The Morgan fingerprint density at radius 2 is 1.94 bits per heavy atom. The van der Waals surface area contributed by atoms with Gasteiger partial charge in [-0.3, -0.25) is 0 Å². The molecular weight excluding hydrogens is 268 g/mol. The predicted molar refractivity (Wildman–Crippen MR) is 52.0 cm³/mol. The summed E-state index contributed by atoms with van der Waals surface area (Å²) in [7, 11) is 0. The third-order valence-electron chi connectivity index (χ3n) is 1.96. The van der Waals surface area contributed by atoms with Crippen LogP contribution < -0.4 is 9.47 Å². The molecule has 2 rings (SSSR count). The minimum atomic E-state index is -4.01. The zero-order valence-electron chi connectivity index (χ0n) is 7.59. The summed E-state index contributed by atoms with van der Waals surface area (Å²) in [5.74, 6) is -0.404. The Bertz CT molecular complexity index is 412. The fourth-order valence-corrected chi connectivity index (χ4v) is 1.48. The molecular formula is C9H5Cl2F3O2. The lowest BCUT2D eigenvalue weighted by molar-refractivity contribution is -0.281. The van der Waals surface area contributed by atoms with Crippen LogP contribution in [0.1, 0.15) is 10.4 Å². The van der Waals surface area contributed by atoms with Gasteiger partial charge in [0.2, 0.25) is 0 Å². The Kier molecular flexibility index (Phi) is 2.84. The molecule has 1 aliphatic rings. The minimum absolute atomic E-state index is 0.115. The zero-order chi connectivity index (χ0) is 11.9. The molecule has 16 heavy (non-hydrogen) atoms. The van der Waals surface area contributed by atoms with E-state index in [2.05, 4.69) is 9.47 Å². The normalized spacial score (nSPS) is 22.2. The summed E-state index contributed by atoms with van der Waals surface area (Å²) in [5.41, 5.74) is 0.360. The van der Waals surface area contributed by atoms with Gasteiger partial charge in [-0.15, -0.1) is 23.2 Å². The molecule has 0 aromatic heterocycles. The molecule has 0 N–H and O–H groups in total. The summed E-state index contributed by atoms with van der Waals surface area (Å²) in [5, 5.41) is 0. The Balaban J connectivity index is 2.38. The molecule has 0 saturated heterocycles. The molecule has 2 nitrogen and oxygen atoms in total. The van der Waals surface area contributed by atoms with Crippen molar-refractivity contribution in [2.24, 2.45) is 0 Å². The van der Waals surface area contributed by atoms with Gasteiger partial charge in [-0.05, 0) is 17.7 Å². The highest BCUT2D eigenvalue weighted by atomic mass is 35.5. The van der Waals surface area contributed by atoms with Crippen LogP contribution >= 0.6 is 23.2 Å². The van der Waals surface area contributed by atoms with Crippen LogP contribution in [0.25, 0.3) is 0 Å². The van der Waals surface area contributed by atoms with E-state index in [9.17, 15) is 13.2 Å². The molecule has 1 aromatic carbocycles. The molecule has 0 spiro atoms. The summed E-state index contributed by atoms with van der Waals surface area (Å²) < 4.78 is 46.9. The highest BCUT2D eigenvalue weighted by Crippen LogP contribution is 2.42. The number of rotatable bonds is 1. The topological polar surface area (TPSA) is 18.5 Å². The minimum Gasteiger partial charge on any atom is -0.447 e. The van der Waals surface area contributed by atoms with Crippen LogP contribution in [0.4, 0.5) is 13.2 Å². The van der Waals surface area contributed by atoms with Gasteiger partial charge in [0.25, 0.3) is 0 Å². The van der Waals surface area contributed by atoms with Crippen LogP contribution in [-0.4, -0.2) is 12.5 Å². The van der Waals surface area contributed by atoms with Crippen molar-refractivity contribution in [3.8, 4) is 11.5 Å². The summed E-state index contributed by atoms with van der Waals surface area (Å²) in [6, 6.07) is 3.88. The Morgan fingerprint density at radius 3 is 2.56 bits per heavy atom. The monoisotopic (exact) mass is 272 g/mol. The molecule has 0 aliphatic carbocycles. The zero-order valence-corrected chi connectivity index (χ0v) is 9.10. The molecule has 1 atom stereocenters. The largest absolute Gasteiger partial charge is 0.468 e. The average molecular weight is 273 g/mol. The molecule has 0 radical (unpaired) electrons. The van der Waals surface area contributed by atoms with Crippen molar-refractivity contribution in [2.75, 3.05) is 0 Å². The van der Waals surface area contributed by atoms with Gasteiger partial charge in [-0.2, -0.15) is 13.2 Å². The van der Waals surface area contributed by atoms with E-state index in [1.165, 1.54) is 18.2 Å². The first-order valence-corrected chi connectivity index (χ1v) is 5.07. The van der Waals surface area contributed by atoms with Crippen LogP contribution in [0.15, 0.2) is 18.2 Å². The number of ether oxygens (including phenoxy) is 2. The van der Waals surface area contributed by atoms with E-state index < -0.39 is 17.3 Å². The first-order chi connectivity index (χ1) is 7.40. The van der Waals surface area contributed by atoms with Crippen molar-refractivity contribution in [1.29, 1.82) is 0 Å². The second-order valence-electron chi connectivity index (χ2n) is 3.10. The van der Waals surface area contributed by atoms with Crippen molar-refractivity contribution < 1.29 is 22.6 Å². The summed E-state index contributed by atoms with van der Waals surface area (Å²) in [4.78, 5) is -0.884. The smallest absolute Gasteiger partial charge is 0.447 e. The predicted octanol–water partition coefficient (Wildman–Crippen LogP) is 3.82. The summed E-state index contributed by atoms with van der Waals surface area (Å²) in [6.07, 6.45) is -6.84. The van der Waals surface area contributed by atoms with Crippen LogP contribution in [0.2, 0.25) is 0 Å². The van der Waals surface area contributed by atoms with Crippen molar-refractivity contribution in [2.45, 2.75) is 17.3 Å². The van der Waals surface area contributed by atoms with Gasteiger partial charge < -0.3 is 9.47 Å². The molecule has 0 amide bonds. The maximum Gasteiger partial charge on any atom is 0.468 e. The Hall–Kier alpha value is -0.810. The maximum absolute atomic E-state index is 12.8. The van der Waals surface area contributed by atoms with E-state index in [4.69, 9.17) is 23.2 Å². The van der Waals surface area contributed by atoms with E-state index in [0.29, 0.717) is 5.56 Å². The van der Waals surface area contributed by atoms with E-state index in [1.54, 1.807) is 0 Å². The first-order valence-electron chi connectivity index (χ1n) is 4.20. The maximum atomic E-state index is 12.8. The van der Waals surface area contributed by atoms with E-state index in [1.807, 2.05) is 0 Å². The lowest BCUT2D eigenvalue weighted by Crippen LogP contribution is -2.43. The van der Waals surface area contributed by atoms with E-state index in [-0.39, 0.29) is 11.5 Å². The molecule has 1 aliphatic heterocycles. The molecule has 7 heteroatoms. The van der Waals surface area contributed by atoms with Crippen molar-refractivity contribution >= 4 is 23.2 Å². The molecule has 0 bridgehead atoms. The number of hydrogen-bond acceptors (Lipinski definition) is 2. The molecule has 0 fully saturated rings. The number of benzene rings is 1. The SMILES string of the molecule is F[C@@H]1Oc2ccc(C(Cl)Cl)cc2OC1(F)F. The van der Waals surface area contributed by atoms with E-state index in [0.717, 1.165) is 0 Å². The number of halogens is 5. The van der Waals surface area contributed by atoms with Crippen LogP contribution in [0, 0.1) is 0 Å². The second kappa shape index (κ2) is 3.89. The lowest BCUT2D eigenvalue weighted by Gasteiger charge is -2.28. The van der Waals surface area contributed by atoms with Crippen LogP contribution in [-0.2, 0) is 0 Å². The first kappa shape index (κ1) is 11.7. The van der Waals surface area contributed by atoms with Gasteiger partial charge in [-0.25, -0.2) is 0 Å². The fourth-order valence-electron chi connectivity index (χ4n) is 1.21. The number of hydrogen-bond donors (Lipinski definition) is 0. The molecule has 88 valence electrons. The van der Waals surface area contributed by atoms with Crippen molar-refractivity contribution in [3.63, 3.8) is 0 Å². The van der Waals surface area contributed by atoms with Crippen molar-refractivity contribution in [3.05, 3.63) is 23.8 Å². The molecule has 0 unspecified atom stereocenters. The van der Waals surface area contributed by atoms with Gasteiger partial charge in [0.15, 0.2) is 11.5 Å². The summed E-state index contributed by atoms with van der Waals surface area (Å²) in [6.45, 7) is 0. The third-order valence-corrected chi connectivity index (χ3v) is 2.46. The molecule has 0 saturated carbocycles. The van der Waals surface area contributed by atoms with Crippen molar-refractivity contribution in [1.82, 2.24) is 0 Å². The number of alkyl halides is 5. The highest BCUT2D eigenvalue weighted by molar-refractivity contribution is 6.44. The van der Waals surface area contributed by atoms with Gasteiger partial charge in [0.1, 0.15) is 4.84 Å². The molecule has 1 aromatic rings. The van der Waals surface area contributed by atoms with Crippen LogP contribution in [0.3, 0.4) is 0 Å². The molecule has 1 heterocycles. The van der Waals surface area contributed by atoms with Crippen LogP contribution in [0.5, 0.6) is 11.5 Å². The number of fused-ring (bicyclic) bond motifs is 1. The quantitative estimate of drug-likeness (QED) is 0.724. The Morgan fingerprint density at radius 1 is 1.25 bits per heavy atom. The highest BCUT2D eigenvalue weighted by Gasteiger charge is 2.49. The van der Waals surface area contributed by atoms with Gasteiger partial charge in [0, 0.05) is 0 Å². The average Bonchev–Trinajstić information content (AvgIpc) is 2.18. The third kappa shape index (κ3) is 2.01. The second-order valence-corrected chi connectivity index (χ2v) is 4.20. The fraction of sp³-hybridized carbons (Fsp3) is 0.333. The summed E-state index contributed by atoms with van der Waals surface area (Å²) >= 11 is 11.1.